The van der Waals surface area contributed by atoms with Crippen LogP contribution >= 0.6 is 0 Å². The molecule has 5 nitrogen and oxygen atoms in total. The SMILES string of the molecule is CC(C(=O)N1CCN(C(C)C(=O)O)CC1)c1ccccc1. The fourth-order valence-corrected chi connectivity index (χ4v) is 2.64. The molecule has 0 saturated carbocycles. The summed E-state index contributed by atoms with van der Waals surface area (Å²) in [7, 11) is 0. The number of amides is 1. The minimum absolute atomic E-state index is 0.115. The van der Waals surface area contributed by atoms with Gasteiger partial charge < -0.3 is 10.0 Å². The molecule has 1 aromatic rings. The van der Waals surface area contributed by atoms with Crippen molar-refractivity contribution in [2.75, 3.05) is 26.2 Å². The van der Waals surface area contributed by atoms with Gasteiger partial charge in [0.05, 0.1) is 5.92 Å². The fourth-order valence-electron chi connectivity index (χ4n) is 2.64. The van der Waals surface area contributed by atoms with Crippen molar-refractivity contribution in [1.82, 2.24) is 9.80 Å². The molecular weight excluding hydrogens is 268 g/mol. The Morgan fingerprint density at radius 1 is 1.05 bits per heavy atom. The number of hydrogen-bond donors (Lipinski definition) is 1. The molecule has 2 rings (SSSR count). The lowest BCUT2D eigenvalue weighted by atomic mass is 9.99. The van der Waals surface area contributed by atoms with Crippen molar-refractivity contribution in [2.45, 2.75) is 25.8 Å². The van der Waals surface area contributed by atoms with Crippen molar-refractivity contribution < 1.29 is 14.7 Å². The van der Waals surface area contributed by atoms with Gasteiger partial charge in [-0.3, -0.25) is 14.5 Å². The molecule has 0 bridgehead atoms. The highest BCUT2D eigenvalue weighted by molar-refractivity contribution is 5.83. The first kappa shape index (κ1) is 15.5. The average Bonchev–Trinajstić information content (AvgIpc) is 2.53. The number of rotatable bonds is 4. The van der Waals surface area contributed by atoms with E-state index in [0.29, 0.717) is 26.2 Å². The summed E-state index contributed by atoms with van der Waals surface area (Å²) in [4.78, 5) is 27.2. The third-order valence-corrected chi connectivity index (χ3v) is 4.20. The van der Waals surface area contributed by atoms with Crippen LogP contribution in [-0.4, -0.2) is 59.0 Å². The number of carboxylic acids is 1. The van der Waals surface area contributed by atoms with Crippen LogP contribution in [0.5, 0.6) is 0 Å². The van der Waals surface area contributed by atoms with Crippen LogP contribution in [0.4, 0.5) is 0 Å². The van der Waals surface area contributed by atoms with E-state index in [1.165, 1.54) is 0 Å². The van der Waals surface area contributed by atoms with Crippen molar-refractivity contribution >= 4 is 11.9 Å². The van der Waals surface area contributed by atoms with Crippen molar-refractivity contribution in [3.8, 4) is 0 Å². The largest absolute Gasteiger partial charge is 0.480 e. The normalized spacial score (nSPS) is 19.0. The monoisotopic (exact) mass is 290 g/mol. The molecule has 0 aliphatic carbocycles. The molecule has 2 atom stereocenters. The highest BCUT2D eigenvalue weighted by atomic mass is 16.4. The maximum Gasteiger partial charge on any atom is 0.320 e. The van der Waals surface area contributed by atoms with Gasteiger partial charge in [-0.15, -0.1) is 0 Å². The Labute approximate surface area is 125 Å². The number of aliphatic carboxylic acids is 1. The van der Waals surface area contributed by atoms with Crippen LogP contribution in [0.25, 0.3) is 0 Å². The van der Waals surface area contributed by atoms with E-state index in [4.69, 9.17) is 5.11 Å². The molecule has 1 aromatic carbocycles. The minimum Gasteiger partial charge on any atom is -0.480 e. The van der Waals surface area contributed by atoms with Crippen LogP contribution < -0.4 is 0 Å². The lowest BCUT2D eigenvalue weighted by Crippen LogP contribution is -2.53. The van der Waals surface area contributed by atoms with Crippen molar-refractivity contribution in [2.24, 2.45) is 0 Å². The number of benzene rings is 1. The molecular formula is C16H22N2O3. The van der Waals surface area contributed by atoms with E-state index < -0.39 is 12.0 Å². The smallest absolute Gasteiger partial charge is 0.320 e. The number of carbonyl (C=O) groups is 2. The summed E-state index contributed by atoms with van der Waals surface area (Å²) in [6, 6.07) is 9.24. The molecule has 1 heterocycles. The maximum atomic E-state index is 12.5. The Bertz CT molecular complexity index is 496. The Hall–Kier alpha value is -1.88. The summed E-state index contributed by atoms with van der Waals surface area (Å²) < 4.78 is 0. The minimum atomic E-state index is -0.813. The molecule has 0 radical (unpaired) electrons. The van der Waals surface area contributed by atoms with Gasteiger partial charge >= 0.3 is 5.97 Å². The molecule has 1 aliphatic heterocycles. The Morgan fingerprint density at radius 2 is 1.62 bits per heavy atom. The zero-order valence-corrected chi connectivity index (χ0v) is 12.5. The van der Waals surface area contributed by atoms with Gasteiger partial charge in [0.2, 0.25) is 5.91 Å². The summed E-state index contributed by atoms with van der Waals surface area (Å²) in [5, 5.41) is 9.02. The molecule has 5 heteroatoms. The number of carbonyl (C=O) groups excluding carboxylic acids is 1. The summed E-state index contributed by atoms with van der Waals surface area (Å²) in [5.74, 6) is -0.856. The van der Waals surface area contributed by atoms with E-state index in [1.807, 2.05) is 47.1 Å². The van der Waals surface area contributed by atoms with Crippen LogP contribution in [0.15, 0.2) is 30.3 Å². The van der Waals surface area contributed by atoms with Crippen molar-refractivity contribution in [3.05, 3.63) is 35.9 Å². The van der Waals surface area contributed by atoms with E-state index in [9.17, 15) is 9.59 Å². The maximum absolute atomic E-state index is 12.5. The standard InChI is InChI=1S/C16H22N2O3/c1-12(14-6-4-3-5-7-14)15(19)18-10-8-17(9-11-18)13(2)16(20)21/h3-7,12-13H,8-11H2,1-2H3,(H,20,21). The molecule has 1 aliphatic rings. The fraction of sp³-hybridized carbons (Fsp3) is 0.500. The highest BCUT2D eigenvalue weighted by Crippen LogP contribution is 2.19. The van der Waals surface area contributed by atoms with Gasteiger partial charge in [0, 0.05) is 26.2 Å². The number of carboxylic acid groups (broad SMARTS) is 1. The van der Waals surface area contributed by atoms with Gasteiger partial charge in [-0.25, -0.2) is 0 Å². The van der Waals surface area contributed by atoms with E-state index in [-0.39, 0.29) is 11.8 Å². The Kier molecular flexibility index (Phi) is 4.96. The lowest BCUT2D eigenvalue weighted by molar-refractivity contribution is -0.144. The molecule has 114 valence electrons. The molecule has 0 aromatic heterocycles. The molecule has 21 heavy (non-hydrogen) atoms. The van der Waals surface area contributed by atoms with Crippen LogP contribution in [0.1, 0.15) is 25.3 Å². The van der Waals surface area contributed by atoms with Gasteiger partial charge in [-0.05, 0) is 19.4 Å². The van der Waals surface area contributed by atoms with Crippen molar-refractivity contribution in [3.63, 3.8) is 0 Å². The quantitative estimate of drug-likeness (QED) is 0.911. The molecule has 1 amide bonds. The van der Waals surface area contributed by atoms with Crippen LogP contribution in [0, 0.1) is 0 Å². The first-order chi connectivity index (χ1) is 10.0. The lowest BCUT2D eigenvalue weighted by Gasteiger charge is -2.37. The molecule has 2 unspecified atom stereocenters. The second-order valence-electron chi connectivity index (χ2n) is 5.51. The van der Waals surface area contributed by atoms with E-state index in [1.54, 1.807) is 6.92 Å². The topological polar surface area (TPSA) is 60.9 Å². The molecule has 1 N–H and O–H groups in total. The number of hydrogen-bond acceptors (Lipinski definition) is 3. The van der Waals surface area contributed by atoms with Gasteiger partial charge in [-0.1, -0.05) is 30.3 Å². The average molecular weight is 290 g/mol. The van der Waals surface area contributed by atoms with Crippen LogP contribution in [0.2, 0.25) is 0 Å². The van der Waals surface area contributed by atoms with Crippen LogP contribution in [0.3, 0.4) is 0 Å². The molecule has 0 spiro atoms. The Balaban J connectivity index is 1.93. The van der Waals surface area contributed by atoms with E-state index in [2.05, 4.69) is 0 Å². The summed E-state index contributed by atoms with van der Waals surface area (Å²) in [5.41, 5.74) is 1.02. The predicted octanol–water partition coefficient (Wildman–Crippen LogP) is 1.41. The number of nitrogens with zero attached hydrogens (tertiary/aromatic N) is 2. The van der Waals surface area contributed by atoms with Crippen molar-refractivity contribution in [1.29, 1.82) is 0 Å². The highest BCUT2D eigenvalue weighted by Gasteiger charge is 2.29. The van der Waals surface area contributed by atoms with Gasteiger partial charge in [0.15, 0.2) is 0 Å². The zero-order chi connectivity index (χ0) is 15.4. The second-order valence-corrected chi connectivity index (χ2v) is 5.51. The zero-order valence-electron chi connectivity index (χ0n) is 12.5. The third kappa shape index (κ3) is 3.61. The van der Waals surface area contributed by atoms with Gasteiger partial charge in [0.25, 0.3) is 0 Å². The summed E-state index contributed by atoms with van der Waals surface area (Å²) >= 11 is 0. The summed E-state index contributed by atoms with van der Waals surface area (Å²) in [6.07, 6.45) is 0. The van der Waals surface area contributed by atoms with E-state index >= 15 is 0 Å². The molecule has 1 saturated heterocycles. The predicted molar refractivity (Wildman–Crippen MR) is 80.1 cm³/mol. The van der Waals surface area contributed by atoms with Gasteiger partial charge in [-0.2, -0.15) is 0 Å². The van der Waals surface area contributed by atoms with Crippen LogP contribution in [-0.2, 0) is 9.59 Å². The Morgan fingerprint density at radius 3 is 2.14 bits per heavy atom. The molecule has 1 fully saturated rings. The third-order valence-electron chi connectivity index (χ3n) is 4.20. The number of piperazine rings is 1. The second kappa shape index (κ2) is 6.72. The van der Waals surface area contributed by atoms with E-state index in [0.717, 1.165) is 5.56 Å². The summed E-state index contributed by atoms with van der Waals surface area (Å²) in [6.45, 7) is 6.01. The first-order valence-corrected chi connectivity index (χ1v) is 7.31. The first-order valence-electron chi connectivity index (χ1n) is 7.31. The van der Waals surface area contributed by atoms with Gasteiger partial charge in [0.1, 0.15) is 6.04 Å².